The lowest BCUT2D eigenvalue weighted by molar-refractivity contribution is 0.00207. The number of aromatic nitrogens is 1. The van der Waals surface area contributed by atoms with Crippen LogP contribution in [0, 0.1) is 0 Å². The van der Waals surface area contributed by atoms with E-state index in [9.17, 15) is 0 Å². The molecule has 0 amide bonds. The largest absolute Gasteiger partial charge is 0.375 e. The molecule has 0 saturated carbocycles. The highest BCUT2D eigenvalue weighted by Gasteiger charge is 2.21. The fraction of sp³-hybridized carbons (Fsp3) is 0.462. The van der Waals surface area contributed by atoms with E-state index in [1.165, 1.54) is 10.3 Å². The maximum Gasteiger partial charge on any atom is 0.0815 e. The number of thiazole rings is 1. The van der Waals surface area contributed by atoms with Crippen molar-refractivity contribution < 1.29 is 4.74 Å². The van der Waals surface area contributed by atoms with E-state index >= 15 is 0 Å². The predicted molar refractivity (Wildman–Crippen MR) is 70.4 cm³/mol. The van der Waals surface area contributed by atoms with Crippen molar-refractivity contribution in [1.82, 2.24) is 10.3 Å². The second kappa shape index (κ2) is 4.72. The second-order valence-electron chi connectivity index (χ2n) is 4.40. The maximum absolute atomic E-state index is 5.81. The van der Waals surface area contributed by atoms with Gasteiger partial charge in [-0.05, 0) is 24.1 Å². The molecule has 2 atom stereocenters. The van der Waals surface area contributed by atoms with Crippen LogP contribution in [0.15, 0.2) is 23.7 Å². The molecule has 0 spiro atoms. The molecule has 2 heterocycles. The van der Waals surface area contributed by atoms with Gasteiger partial charge in [0.2, 0.25) is 0 Å². The first-order valence-corrected chi connectivity index (χ1v) is 6.93. The number of benzene rings is 1. The van der Waals surface area contributed by atoms with Gasteiger partial charge in [0.15, 0.2) is 0 Å². The topological polar surface area (TPSA) is 34.2 Å². The van der Waals surface area contributed by atoms with Crippen LogP contribution in [0.4, 0.5) is 0 Å². The van der Waals surface area contributed by atoms with E-state index < -0.39 is 0 Å². The zero-order valence-corrected chi connectivity index (χ0v) is 10.7. The first kappa shape index (κ1) is 11.1. The molecular formula is C13H16N2OS. The average molecular weight is 248 g/mol. The lowest BCUT2D eigenvalue weighted by Gasteiger charge is -2.30. The summed E-state index contributed by atoms with van der Waals surface area (Å²) in [4.78, 5) is 4.36. The molecule has 1 fully saturated rings. The summed E-state index contributed by atoms with van der Waals surface area (Å²) in [5.74, 6) is 0. The van der Waals surface area contributed by atoms with Crippen molar-refractivity contribution in [1.29, 1.82) is 0 Å². The van der Waals surface area contributed by atoms with Crippen LogP contribution in [0.5, 0.6) is 0 Å². The summed E-state index contributed by atoms with van der Waals surface area (Å²) in [5.41, 5.74) is 4.26. The molecule has 17 heavy (non-hydrogen) atoms. The lowest BCUT2D eigenvalue weighted by atomic mass is 10.1. The van der Waals surface area contributed by atoms with Crippen molar-refractivity contribution in [2.24, 2.45) is 0 Å². The molecule has 1 N–H and O–H groups in total. The van der Waals surface area contributed by atoms with Gasteiger partial charge in [-0.25, -0.2) is 4.98 Å². The predicted octanol–water partition coefficient (Wildman–Crippen LogP) is 2.74. The molecule has 4 heteroatoms. The Morgan fingerprint density at radius 3 is 3.24 bits per heavy atom. The van der Waals surface area contributed by atoms with Crippen LogP contribution < -0.4 is 5.32 Å². The van der Waals surface area contributed by atoms with Gasteiger partial charge in [0.25, 0.3) is 0 Å². The maximum atomic E-state index is 5.81. The zero-order valence-electron chi connectivity index (χ0n) is 9.85. The van der Waals surface area contributed by atoms with Crippen LogP contribution in [0.1, 0.15) is 24.9 Å². The molecule has 1 aromatic heterocycles. The van der Waals surface area contributed by atoms with Crippen molar-refractivity contribution in [3.8, 4) is 0 Å². The van der Waals surface area contributed by atoms with Crippen molar-refractivity contribution in [2.75, 3.05) is 13.2 Å². The highest BCUT2D eigenvalue weighted by Crippen LogP contribution is 2.24. The third-order valence-corrected chi connectivity index (χ3v) is 4.11. The Balaban J connectivity index is 1.79. The molecule has 1 aliphatic heterocycles. The van der Waals surface area contributed by atoms with Crippen molar-refractivity contribution in [3.63, 3.8) is 0 Å². The monoisotopic (exact) mass is 248 g/mol. The summed E-state index contributed by atoms with van der Waals surface area (Å²) < 4.78 is 7.05. The molecule has 1 saturated heterocycles. The van der Waals surface area contributed by atoms with E-state index in [1.807, 2.05) is 5.51 Å². The van der Waals surface area contributed by atoms with Gasteiger partial charge in [-0.2, -0.15) is 0 Å². The van der Waals surface area contributed by atoms with Crippen LogP contribution in [0.3, 0.4) is 0 Å². The van der Waals surface area contributed by atoms with Gasteiger partial charge in [0, 0.05) is 6.54 Å². The van der Waals surface area contributed by atoms with E-state index in [0.717, 1.165) is 25.1 Å². The summed E-state index contributed by atoms with van der Waals surface area (Å²) in [6.45, 7) is 3.86. The van der Waals surface area contributed by atoms with Gasteiger partial charge < -0.3 is 10.1 Å². The molecular weight excluding hydrogens is 232 g/mol. The molecule has 0 aliphatic carbocycles. The van der Waals surface area contributed by atoms with Gasteiger partial charge in [0.05, 0.1) is 34.5 Å². The zero-order chi connectivity index (χ0) is 11.7. The molecule has 3 rings (SSSR count). The van der Waals surface area contributed by atoms with Gasteiger partial charge in [-0.3, -0.25) is 0 Å². The van der Waals surface area contributed by atoms with E-state index in [1.54, 1.807) is 11.3 Å². The lowest BCUT2D eigenvalue weighted by Crippen LogP contribution is -2.40. The Hall–Kier alpha value is -0.970. The van der Waals surface area contributed by atoms with Crippen LogP contribution in [0.25, 0.3) is 10.2 Å². The van der Waals surface area contributed by atoms with Gasteiger partial charge in [-0.1, -0.05) is 13.0 Å². The molecule has 2 unspecified atom stereocenters. The Morgan fingerprint density at radius 2 is 2.47 bits per heavy atom. The Labute approximate surface area is 105 Å². The summed E-state index contributed by atoms with van der Waals surface area (Å²) in [6.07, 6.45) is 1.44. The number of nitrogens with one attached hydrogen (secondary N) is 1. The van der Waals surface area contributed by atoms with Crippen molar-refractivity contribution in [2.45, 2.75) is 25.5 Å². The fourth-order valence-corrected chi connectivity index (χ4v) is 2.85. The van der Waals surface area contributed by atoms with E-state index in [-0.39, 0.29) is 0 Å². The smallest absolute Gasteiger partial charge is 0.0815 e. The van der Waals surface area contributed by atoms with Crippen LogP contribution in [-0.4, -0.2) is 24.2 Å². The fourth-order valence-electron chi connectivity index (χ4n) is 2.19. The number of nitrogens with zero attached hydrogens (tertiary/aromatic N) is 1. The van der Waals surface area contributed by atoms with Crippen LogP contribution >= 0.6 is 11.3 Å². The van der Waals surface area contributed by atoms with Gasteiger partial charge in [-0.15, -0.1) is 11.3 Å². The summed E-state index contributed by atoms with van der Waals surface area (Å²) in [6, 6.07) is 6.80. The number of hydrogen-bond acceptors (Lipinski definition) is 4. The normalized spacial score (nSPS) is 25.2. The number of ether oxygens (including phenoxy) is 1. The third kappa shape index (κ3) is 2.20. The van der Waals surface area contributed by atoms with E-state index in [4.69, 9.17) is 4.74 Å². The highest BCUT2D eigenvalue weighted by molar-refractivity contribution is 7.16. The van der Waals surface area contributed by atoms with Crippen molar-refractivity contribution in [3.05, 3.63) is 29.3 Å². The molecule has 0 radical (unpaired) electrons. The average Bonchev–Trinajstić information content (AvgIpc) is 2.86. The van der Waals surface area contributed by atoms with E-state index in [0.29, 0.717) is 12.1 Å². The quantitative estimate of drug-likeness (QED) is 0.887. The third-order valence-electron chi connectivity index (χ3n) is 3.30. The minimum Gasteiger partial charge on any atom is -0.375 e. The molecule has 90 valence electrons. The molecule has 3 nitrogen and oxygen atoms in total. The minimum absolute atomic E-state index is 0.309. The molecule has 1 aliphatic rings. The SMILES string of the molecule is CCC1CNC(c2ccc3scnc3c2)CO1. The van der Waals surface area contributed by atoms with Gasteiger partial charge in [0.1, 0.15) is 0 Å². The standard InChI is InChI=1S/C13H16N2OS/c1-2-10-6-14-12(7-16-10)9-3-4-13-11(5-9)15-8-17-13/h3-5,8,10,12,14H,2,6-7H2,1H3. The van der Waals surface area contributed by atoms with E-state index in [2.05, 4.69) is 35.4 Å². The summed E-state index contributed by atoms with van der Waals surface area (Å²) >= 11 is 1.68. The number of morpholine rings is 1. The highest BCUT2D eigenvalue weighted by atomic mass is 32.1. The molecule has 1 aromatic carbocycles. The number of rotatable bonds is 2. The first-order chi connectivity index (χ1) is 8.36. The summed E-state index contributed by atoms with van der Waals surface area (Å²) in [5, 5.41) is 3.54. The summed E-state index contributed by atoms with van der Waals surface area (Å²) in [7, 11) is 0. The Kier molecular flexibility index (Phi) is 3.09. The molecule has 0 bridgehead atoms. The Bertz CT molecular complexity index is 503. The van der Waals surface area contributed by atoms with Gasteiger partial charge >= 0.3 is 0 Å². The first-order valence-electron chi connectivity index (χ1n) is 6.05. The van der Waals surface area contributed by atoms with Crippen LogP contribution in [0.2, 0.25) is 0 Å². The number of hydrogen-bond donors (Lipinski definition) is 1. The Morgan fingerprint density at radius 1 is 1.53 bits per heavy atom. The van der Waals surface area contributed by atoms with Crippen molar-refractivity contribution >= 4 is 21.6 Å². The minimum atomic E-state index is 0.309. The number of fused-ring (bicyclic) bond motifs is 1. The second-order valence-corrected chi connectivity index (χ2v) is 5.29. The van der Waals surface area contributed by atoms with Crippen LogP contribution in [-0.2, 0) is 4.74 Å². The molecule has 2 aromatic rings.